The average molecular weight is 307 g/mol. The lowest BCUT2D eigenvalue weighted by molar-refractivity contribution is 0.0944. The van der Waals surface area contributed by atoms with Crippen molar-refractivity contribution in [2.24, 2.45) is 5.73 Å². The fourth-order valence-corrected chi connectivity index (χ4v) is 2.35. The fourth-order valence-electron chi connectivity index (χ4n) is 2.35. The van der Waals surface area contributed by atoms with E-state index < -0.39 is 0 Å². The van der Waals surface area contributed by atoms with Gasteiger partial charge in [-0.3, -0.25) is 9.78 Å². The molecule has 0 unspecified atom stereocenters. The minimum atomic E-state index is -0.241. The molecule has 0 bridgehead atoms. The van der Waals surface area contributed by atoms with Gasteiger partial charge in [-0.1, -0.05) is 24.3 Å². The molecular weight excluding hydrogens is 290 g/mol. The molecule has 0 saturated carbocycles. The van der Waals surface area contributed by atoms with Gasteiger partial charge in [-0.05, 0) is 35.4 Å². The number of furan rings is 1. The Hall–Kier alpha value is -2.92. The van der Waals surface area contributed by atoms with E-state index in [1.807, 2.05) is 42.5 Å². The molecule has 0 radical (unpaired) electrons. The number of rotatable bonds is 5. The van der Waals surface area contributed by atoms with Gasteiger partial charge in [0.25, 0.3) is 5.91 Å². The van der Waals surface area contributed by atoms with E-state index in [1.165, 1.54) is 0 Å². The quantitative estimate of drug-likeness (QED) is 0.759. The minimum Gasteiger partial charge on any atom is -0.467 e. The van der Waals surface area contributed by atoms with Gasteiger partial charge >= 0.3 is 0 Å². The van der Waals surface area contributed by atoms with Crippen LogP contribution in [0.5, 0.6) is 0 Å². The zero-order chi connectivity index (χ0) is 16.1. The van der Waals surface area contributed by atoms with E-state index in [4.69, 9.17) is 10.2 Å². The van der Waals surface area contributed by atoms with Crippen molar-refractivity contribution in [3.05, 3.63) is 78.0 Å². The summed E-state index contributed by atoms with van der Waals surface area (Å²) in [4.78, 5) is 16.7. The van der Waals surface area contributed by atoms with Crippen LogP contribution >= 0.6 is 0 Å². The van der Waals surface area contributed by atoms with E-state index in [9.17, 15) is 4.79 Å². The zero-order valence-electron chi connectivity index (χ0n) is 12.5. The summed E-state index contributed by atoms with van der Waals surface area (Å²) in [6.07, 6.45) is 3.18. The molecule has 0 spiro atoms. The van der Waals surface area contributed by atoms with E-state index in [2.05, 4.69) is 10.3 Å². The summed E-state index contributed by atoms with van der Waals surface area (Å²) in [5.74, 6) is 0.455. The Morgan fingerprint density at radius 2 is 2.09 bits per heavy atom. The molecule has 23 heavy (non-hydrogen) atoms. The van der Waals surface area contributed by atoms with Crippen LogP contribution in [0.3, 0.4) is 0 Å². The van der Waals surface area contributed by atoms with Crippen molar-refractivity contribution in [1.29, 1.82) is 0 Å². The van der Waals surface area contributed by atoms with Crippen LogP contribution in [0.1, 0.15) is 21.8 Å². The van der Waals surface area contributed by atoms with Gasteiger partial charge in [-0.25, -0.2) is 0 Å². The van der Waals surface area contributed by atoms with Crippen molar-refractivity contribution in [2.75, 3.05) is 0 Å². The summed E-state index contributed by atoms with van der Waals surface area (Å²) in [7, 11) is 0. The molecule has 3 N–H and O–H groups in total. The topological polar surface area (TPSA) is 81.1 Å². The smallest absolute Gasteiger partial charge is 0.270 e. The molecule has 3 rings (SSSR count). The molecular formula is C18H17N3O2. The van der Waals surface area contributed by atoms with Crippen LogP contribution in [-0.2, 0) is 13.1 Å². The van der Waals surface area contributed by atoms with Crippen LogP contribution in [0.4, 0.5) is 0 Å². The van der Waals surface area contributed by atoms with E-state index in [1.54, 1.807) is 18.5 Å². The number of pyridine rings is 1. The lowest BCUT2D eigenvalue weighted by atomic mass is 10.0. The molecule has 2 heterocycles. The van der Waals surface area contributed by atoms with Crippen LogP contribution in [0.15, 0.2) is 65.4 Å². The van der Waals surface area contributed by atoms with Gasteiger partial charge in [0.05, 0.1) is 12.8 Å². The van der Waals surface area contributed by atoms with E-state index in [0.29, 0.717) is 24.5 Å². The molecule has 0 saturated heterocycles. The summed E-state index contributed by atoms with van der Waals surface area (Å²) in [6, 6.07) is 15.1. The van der Waals surface area contributed by atoms with Gasteiger partial charge in [-0.15, -0.1) is 0 Å². The SMILES string of the molecule is NCc1cccc(-c2cccnc2C(=O)NCc2ccco2)c1. The van der Waals surface area contributed by atoms with Crippen LogP contribution in [0.25, 0.3) is 11.1 Å². The number of amides is 1. The minimum absolute atomic E-state index is 0.241. The van der Waals surface area contributed by atoms with Gasteiger partial charge in [-0.2, -0.15) is 0 Å². The van der Waals surface area contributed by atoms with Crippen molar-refractivity contribution < 1.29 is 9.21 Å². The Labute approximate surface area is 134 Å². The first-order valence-electron chi connectivity index (χ1n) is 7.33. The first-order valence-corrected chi connectivity index (χ1v) is 7.33. The Morgan fingerprint density at radius 3 is 2.87 bits per heavy atom. The lowest BCUT2D eigenvalue weighted by Gasteiger charge is -2.10. The Balaban J connectivity index is 1.86. The molecule has 3 aromatic rings. The second-order valence-electron chi connectivity index (χ2n) is 5.07. The van der Waals surface area contributed by atoms with E-state index >= 15 is 0 Å². The van der Waals surface area contributed by atoms with Crippen molar-refractivity contribution in [1.82, 2.24) is 10.3 Å². The second kappa shape index (κ2) is 6.89. The third-order valence-electron chi connectivity index (χ3n) is 3.50. The highest BCUT2D eigenvalue weighted by atomic mass is 16.3. The highest BCUT2D eigenvalue weighted by Crippen LogP contribution is 2.23. The molecule has 0 atom stereocenters. The second-order valence-corrected chi connectivity index (χ2v) is 5.07. The highest BCUT2D eigenvalue weighted by molar-refractivity contribution is 5.98. The predicted octanol–water partition coefficient (Wildman–Crippen LogP) is 2.73. The van der Waals surface area contributed by atoms with Gasteiger partial charge < -0.3 is 15.5 Å². The first kappa shape index (κ1) is 15.0. The van der Waals surface area contributed by atoms with Crippen LogP contribution in [0.2, 0.25) is 0 Å². The van der Waals surface area contributed by atoms with Crippen LogP contribution in [-0.4, -0.2) is 10.9 Å². The number of carbonyl (C=O) groups is 1. The number of hydrogen-bond acceptors (Lipinski definition) is 4. The monoisotopic (exact) mass is 307 g/mol. The van der Waals surface area contributed by atoms with E-state index in [-0.39, 0.29) is 5.91 Å². The van der Waals surface area contributed by atoms with Crippen molar-refractivity contribution in [2.45, 2.75) is 13.1 Å². The van der Waals surface area contributed by atoms with Gasteiger partial charge in [0.2, 0.25) is 0 Å². The maximum atomic E-state index is 12.4. The summed E-state index contributed by atoms with van der Waals surface area (Å²) in [5, 5.41) is 2.82. The summed E-state index contributed by atoms with van der Waals surface area (Å²) in [6.45, 7) is 0.777. The highest BCUT2D eigenvalue weighted by Gasteiger charge is 2.14. The molecule has 0 aliphatic heterocycles. The number of benzene rings is 1. The Kier molecular flexibility index (Phi) is 4.49. The molecule has 0 aliphatic carbocycles. The standard InChI is InChI=1S/C18H17N3O2/c19-11-13-4-1-5-14(10-13)16-7-2-8-20-17(16)18(22)21-12-15-6-3-9-23-15/h1-10H,11-12,19H2,(H,21,22). The number of hydrogen-bond donors (Lipinski definition) is 2. The van der Waals surface area contributed by atoms with Gasteiger partial charge in [0.1, 0.15) is 11.5 Å². The van der Waals surface area contributed by atoms with Crippen molar-refractivity contribution in [3.8, 4) is 11.1 Å². The van der Waals surface area contributed by atoms with Gasteiger partial charge in [0.15, 0.2) is 0 Å². The third kappa shape index (κ3) is 3.46. The number of nitrogens with one attached hydrogen (secondary N) is 1. The summed E-state index contributed by atoms with van der Waals surface area (Å²) >= 11 is 0. The van der Waals surface area contributed by atoms with E-state index in [0.717, 1.165) is 16.7 Å². The number of nitrogens with two attached hydrogens (primary N) is 1. The fraction of sp³-hybridized carbons (Fsp3) is 0.111. The third-order valence-corrected chi connectivity index (χ3v) is 3.50. The van der Waals surface area contributed by atoms with Crippen LogP contribution in [0, 0.1) is 0 Å². The molecule has 0 fully saturated rings. The average Bonchev–Trinajstić information content (AvgIpc) is 3.13. The number of nitrogens with zero attached hydrogens (tertiary/aromatic N) is 1. The molecule has 116 valence electrons. The van der Waals surface area contributed by atoms with Crippen molar-refractivity contribution in [3.63, 3.8) is 0 Å². The normalized spacial score (nSPS) is 10.5. The molecule has 1 aromatic carbocycles. The summed E-state index contributed by atoms with van der Waals surface area (Å²) < 4.78 is 5.22. The van der Waals surface area contributed by atoms with Crippen LogP contribution < -0.4 is 11.1 Å². The van der Waals surface area contributed by atoms with Gasteiger partial charge in [0, 0.05) is 18.3 Å². The first-order chi connectivity index (χ1) is 11.3. The largest absolute Gasteiger partial charge is 0.467 e. The maximum absolute atomic E-state index is 12.4. The number of carbonyl (C=O) groups excluding carboxylic acids is 1. The Morgan fingerprint density at radius 1 is 1.17 bits per heavy atom. The predicted molar refractivity (Wildman–Crippen MR) is 87.4 cm³/mol. The zero-order valence-corrected chi connectivity index (χ0v) is 12.5. The molecule has 5 nitrogen and oxygen atoms in total. The number of aromatic nitrogens is 1. The molecule has 2 aromatic heterocycles. The maximum Gasteiger partial charge on any atom is 0.270 e. The molecule has 1 amide bonds. The molecule has 5 heteroatoms. The lowest BCUT2D eigenvalue weighted by Crippen LogP contribution is -2.24. The van der Waals surface area contributed by atoms with Crippen molar-refractivity contribution >= 4 is 5.91 Å². The summed E-state index contributed by atoms with van der Waals surface area (Å²) in [5.41, 5.74) is 8.78. The Bertz CT molecular complexity index is 798. The molecule has 0 aliphatic rings.